The fourth-order valence-electron chi connectivity index (χ4n) is 2.53. The van der Waals surface area contributed by atoms with Crippen molar-refractivity contribution in [1.29, 1.82) is 0 Å². The molecule has 1 aliphatic carbocycles. The molecule has 2 heteroatoms. The van der Waals surface area contributed by atoms with Crippen molar-refractivity contribution < 1.29 is 0 Å². The van der Waals surface area contributed by atoms with Crippen LogP contribution in [0.3, 0.4) is 0 Å². The molecule has 2 N–H and O–H groups in total. The van der Waals surface area contributed by atoms with Gasteiger partial charge in [-0.3, -0.25) is 0 Å². The Bertz CT molecular complexity index is 431. The quantitative estimate of drug-likeness (QED) is 0.876. The van der Waals surface area contributed by atoms with Gasteiger partial charge in [0.1, 0.15) is 0 Å². The Balaban J connectivity index is 2.53. The van der Waals surface area contributed by atoms with Crippen molar-refractivity contribution in [2.45, 2.75) is 51.5 Å². The monoisotopic (exact) mass is 281 g/mol. The van der Waals surface area contributed by atoms with E-state index in [1.807, 2.05) is 0 Å². The van der Waals surface area contributed by atoms with Gasteiger partial charge in [-0.05, 0) is 43.4 Å². The van der Waals surface area contributed by atoms with Crippen molar-refractivity contribution in [3.05, 3.63) is 33.3 Å². The SMILES string of the molecule is Cc1ccc(C(C)(C)C2(N)CC2)c(C)c1Br. The third-order valence-electron chi connectivity index (χ3n) is 4.29. The molecule has 0 spiro atoms. The van der Waals surface area contributed by atoms with E-state index in [0.29, 0.717) is 0 Å². The molecule has 1 aromatic carbocycles. The standard InChI is InChI=1S/C14H20BrN/c1-9-5-6-11(10(2)12(9)15)13(3,4)14(16)7-8-14/h5-6H,7-8,16H2,1-4H3. The average molecular weight is 282 g/mol. The Labute approximate surface area is 107 Å². The summed E-state index contributed by atoms with van der Waals surface area (Å²) in [4.78, 5) is 0. The van der Waals surface area contributed by atoms with Gasteiger partial charge in [0.05, 0.1) is 0 Å². The molecule has 1 aromatic rings. The highest BCUT2D eigenvalue weighted by Crippen LogP contribution is 2.50. The van der Waals surface area contributed by atoms with Gasteiger partial charge in [0.15, 0.2) is 0 Å². The maximum atomic E-state index is 6.40. The number of hydrogen-bond acceptors (Lipinski definition) is 1. The molecule has 1 nitrogen and oxygen atoms in total. The van der Waals surface area contributed by atoms with Crippen LogP contribution in [0.25, 0.3) is 0 Å². The third-order valence-corrected chi connectivity index (χ3v) is 5.51. The van der Waals surface area contributed by atoms with Gasteiger partial charge in [-0.2, -0.15) is 0 Å². The highest BCUT2D eigenvalue weighted by atomic mass is 79.9. The summed E-state index contributed by atoms with van der Waals surface area (Å²) in [5.41, 5.74) is 10.5. The Kier molecular flexibility index (Phi) is 2.71. The summed E-state index contributed by atoms with van der Waals surface area (Å²) in [5.74, 6) is 0. The summed E-state index contributed by atoms with van der Waals surface area (Å²) in [5, 5.41) is 0. The van der Waals surface area contributed by atoms with Crippen molar-refractivity contribution in [3.63, 3.8) is 0 Å². The molecule has 1 aliphatic rings. The van der Waals surface area contributed by atoms with Crippen LogP contribution >= 0.6 is 15.9 Å². The molecular weight excluding hydrogens is 262 g/mol. The second-order valence-corrected chi connectivity index (χ2v) is 6.44. The van der Waals surface area contributed by atoms with E-state index in [2.05, 4.69) is 55.8 Å². The van der Waals surface area contributed by atoms with Crippen LogP contribution in [0.5, 0.6) is 0 Å². The zero-order valence-electron chi connectivity index (χ0n) is 10.5. The maximum absolute atomic E-state index is 6.40. The molecule has 88 valence electrons. The Hall–Kier alpha value is -0.340. The number of aryl methyl sites for hydroxylation is 1. The zero-order valence-corrected chi connectivity index (χ0v) is 12.1. The number of hydrogen-bond donors (Lipinski definition) is 1. The largest absolute Gasteiger partial charge is 0.324 e. The lowest BCUT2D eigenvalue weighted by molar-refractivity contribution is 0.389. The van der Waals surface area contributed by atoms with E-state index in [4.69, 9.17) is 5.73 Å². The lowest BCUT2D eigenvalue weighted by atomic mass is 9.74. The van der Waals surface area contributed by atoms with Crippen molar-refractivity contribution in [2.75, 3.05) is 0 Å². The predicted molar refractivity (Wildman–Crippen MR) is 72.8 cm³/mol. The third kappa shape index (κ3) is 1.63. The summed E-state index contributed by atoms with van der Waals surface area (Å²) in [6, 6.07) is 4.42. The average Bonchev–Trinajstić information content (AvgIpc) is 2.94. The summed E-state index contributed by atoms with van der Waals surface area (Å²) in [7, 11) is 0. The lowest BCUT2D eigenvalue weighted by Gasteiger charge is -2.34. The minimum atomic E-state index is 0.00641. The zero-order chi connectivity index (χ0) is 12.1. The van der Waals surface area contributed by atoms with Gasteiger partial charge >= 0.3 is 0 Å². The molecule has 0 heterocycles. The molecule has 0 atom stereocenters. The molecule has 0 amide bonds. The number of nitrogens with two attached hydrogens (primary N) is 1. The number of rotatable bonds is 2. The van der Waals surface area contributed by atoms with Gasteiger partial charge < -0.3 is 5.73 Å². The molecule has 16 heavy (non-hydrogen) atoms. The van der Waals surface area contributed by atoms with Crippen LogP contribution < -0.4 is 5.73 Å². The maximum Gasteiger partial charge on any atom is 0.0248 e. The van der Waals surface area contributed by atoms with Gasteiger partial charge in [-0.25, -0.2) is 0 Å². The van der Waals surface area contributed by atoms with E-state index in [1.165, 1.54) is 21.2 Å². The normalized spacial score (nSPS) is 18.6. The van der Waals surface area contributed by atoms with E-state index in [1.54, 1.807) is 0 Å². The highest BCUT2D eigenvalue weighted by molar-refractivity contribution is 9.10. The van der Waals surface area contributed by atoms with Crippen LogP contribution in [-0.4, -0.2) is 5.54 Å². The molecule has 0 aliphatic heterocycles. The second-order valence-electron chi connectivity index (χ2n) is 5.65. The summed E-state index contributed by atoms with van der Waals surface area (Å²) in [6.45, 7) is 8.84. The molecule has 0 bridgehead atoms. The minimum Gasteiger partial charge on any atom is -0.324 e. The van der Waals surface area contributed by atoms with Crippen LogP contribution in [0, 0.1) is 13.8 Å². The van der Waals surface area contributed by atoms with Crippen molar-refractivity contribution in [1.82, 2.24) is 0 Å². The first-order valence-electron chi connectivity index (χ1n) is 5.85. The van der Waals surface area contributed by atoms with Crippen LogP contribution in [0.1, 0.15) is 43.4 Å². The van der Waals surface area contributed by atoms with Crippen LogP contribution in [0.2, 0.25) is 0 Å². The van der Waals surface area contributed by atoms with Crippen molar-refractivity contribution >= 4 is 15.9 Å². The number of halogens is 1. The molecule has 1 fully saturated rings. The van der Waals surface area contributed by atoms with E-state index >= 15 is 0 Å². The van der Waals surface area contributed by atoms with E-state index in [-0.39, 0.29) is 11.0 Å². The second kappa shape index (κ2) is 3.58. The fourth-order valence-corrected chi connectivity index (χ4v) is 2.87. The summed E-state index contributed by atoms with van der Waals surface area (Å²) < 4.78 is 1.22. The van der Waals surface area contributed by atoms with Gasteiger partial charge in [-0.1, -0.05) is 41.9 Å². The first-order valence-corrected chi connectivity index (χ1v) is 6.64. The summed E-state index contributed by atoms with van der Waals surface area (Å²) in [6.07, 6.45) is 2.29. The minimum absolute atomic E-state index is 0.00641. The Morgan fingerprint density at radius 2 is 1.81 bits per heavy atom. The Morgan fingerprint density at radius 1 is 1.25 bits per heavy atom. The van der Waals surface area contributed by atoms with Gasteiger partial charge in [0.25, 0.3) is 0 Å². The smallest absolute Gasteiger partial charge is 0.0248 e. The first-order chi connectivity index (χ1) is 7.29. The van der Waals surface area contributed by atoms with Gasteiger partial charge in [0.2, 0.25) is 0 Å². The fraction of sp³-hybridized carbons (Fsp3) is 0.571. The lowest BCUT2D eigenvalue weighted by Crippen LogP contribution is -2.43. The van der Waals surface area contributed by atoms with Gasteiger partial charge in [0, 0.05) is 15.4 Å². The van der Waals surface area contributed by atoms with E-state index in [9.17, 15) is 0 Å². The van der Waals surface area contributed by atoms with Gasteiger partial charge in [-0.15, -0.1) is 0 Å². The topological polar surface area (TPSA) is 26.0 Å². The van der Waals surface area contributed by atoms with E-state index < -0.39 is 0 Å². The van der Waals surface area contributed by atoms with Crippen LogP contribution in [-0.2, 0) is 5.41 Å². The van der Waals surface area contributed by atoms with Crippen molar-refractivity contribution in [3.8, 4) is 0 Å². The number of benzene rings is 1. The molecule has 0 saturated heterocycles. The first kappa shape index (κ1) is 12.1. The van der Waals surface area contributed by atoms with Crippen LogP contribution in [0.4, 0.5) is 0 Å². The van der Waals surface area contributed by atoms with E-state index in [0.717, 1.165) is 12.8 Å². The van der Waals surface area contributed by atoms with Crippen molar-refractivity contribution in [2.24, 2.45) is 5.73 Å². The van der Waals surface area contributed by atoms with Crippen LogP contribution in [0.15, 0.2) is 16.6 Å². The Morgan fingerprint density at radius 3 is 2.31 bits per heavy atom. The molecule has 1 saturated carbocycles. The molecule has 2 rings (SSSR count). The highest BCUT2D eigenvalue weighted by Gasteiger charge is 2.52. The molecule has 0 aromatic heterocycles. The molecule has 0 unspecified atom stereocenters. The predicted octanol–water partition coefficient (Wildman–Crippen LogP) is 3.83. The molecule has 0 radical (unpaired) electrons. The molecular formula is C14H20BrN. The summed E-state index contributed by atoms with van der Waals surface area (Å²) >= 11 is 3.67.